The Morgan fingerprint density at radius 1 is 1.14 bits per heavy atom. The van der Waals surface area contributed by atoms with Crippen LogP contribution in [0.25, 0.3) is 10.9 Å². The molecule has 0 aliphatic heterocycles. The van der Waals surface area contributed by atoms with Crippen LogP contribution in [0.5, 0.6) is 0 Å². The number of aromatic carboxylic acids is 1. The number of carbonyl (C=O) groups is 1. The Morgan fingerprint density at radius 2 is 1.86 bits per heavy atom. The van der Waals surface area contributed by atoms with E-state index in [0.29, 0.717) is 16.6 Å². The van der Waals surface area contributed by atoms with Crippen LogP contribution in [-0.4, -0.2) is 15.6 Å². The molecule has 0 saturated heterocycles. The number of hydrogen-bond donors (Lipinski definition) is 2. The molecule has 0 amide bonds. The lowest BCUT2D eigenvalue weighted by Gasteiger charge is -2.09. The summed E-state index contributed by atoms with van der Waals surface area (Å²) in [6.45, 7) is 0.343. The average Bonchev–Trinajstić information content (AvgIpc) is 2.76. The first-order chi connectivity index (χ1) is 10.5. The highest BCUT2D eigenvalue weighted by atomic mass is 35.5. The molecule has 0 fully saturated rings. The van der Waals surface area contributed by atoms with Crippen molar-refractivity contribution in [3.8, 4) is 0 Å². The number of para-hydroxylation sites is 1. The SMILES string of the molecule is Nc1c(C(=O)O)n(Cc2ccc(Cl)c(Cl)c2)c2ccccc12. The van der Waals surface area contributed by atoms with Crippen LogP contribution in [0.15, 0.2) is 42.5 Å². The summed E-state index contributed by atoms with van der Waals surface area (Å²) in [5, 5.41) is 11.1. The summed E-state index contributed by atoms with van der Waals surface area (Å²) < 4.78 is 1.67. The van der Waals surface area contributed by atoms with Gasteiger partial charge in [-0.1, -0.05) is 47.5 Å². The van der Waals surface area contributed by atoms with Gasteiger partial charge in [0.1, 0.15) is 0 Å². The van der Waals surface area contributed by atoms with Crippen molar-refractivity contribution in [3.63, 3.8) is 0 Å². The first-order valence-corrected chi connectivity index (χ1v) is 7.28. The third-order valence-electron chi connectivity index (χ3n) is 3.54. The van der Waals surface area contributed by atoms with Crippen LogP contribution < -0.4 is 5.73 Å². The highest BCUT2D eigenvalue weighted by molar-refractivity contribution is 6.42. The largest absolute Gasteiger partial charge is 0.477 e. The summed E-state index contributed by atoms with van der Waals surface area (Å²) in [4.78, 5) is 11.6. The molecular weight excluding hydrogens is 323 g/mol. The molecule has 0 bridgehead atoms. The minimum absolute atomic E-state index is 0.0762. The van der Waals surface area contributed by atoms with Gasteiger partial charge in [0.05, 0.1) is 21.2 Å². The second-order valence-electron chi connectivity index (χ2n) is 4.92. The number of carboxylic acid groups (broad SMARTS) is 1. The Labute approximate surface area is 136 Å². The van der Waals surface area contributed by atoms with Crippen LogP contribution in [-0.2, 0) is 6.54 Å². The Hall–Kier alpha value is -2.17. The molecular formula is C16H12Cl2N2O2. The third kappa shape index (κ3) is 2.40. The zero-order valence-corrected chi connectivity index (χ0v) is 12.9. The van der Waals surface area contributed by atoms with Crippen molar-refractivity contribution in [2.75, 3.05) is 5.73 Å². The first kappa shape index (κ1) is 14.8. The van der Waals surface area contributed by atoms with Crippen LogP contribution in [0.4, 0.5) is 5.69 Å². The number of carboxylic acids is 1. The average molecular weight is 335 g/mol. The van der Waals surface area contributed by atoms with Crippen LogP contribution in [0.2, 0.25) is 10.0 Å². The van der Waals surface area contributed by atoms with Crippen LogP contribution in [0.1, 0.15) is 16.1 Å². The van der Waals surface area contributed by atoms with Crippen LogP contribution in [0, 0.1) is 0 Å². The van der Waals surface area contributed by atoms with Gasteiger partial charge in [0, 0.05) is 11.9 Å². The van der Waals surface area contributed by atoms with Gasteiger partial charge in [-0.3, -0.25) is 0 Å². The topological polar surface area (TPSA) is 68.2 Å². The summed E-state index contributed by atoms with van der Waals surface area (Å²) in [5.41, 5.74) is 7.95. The lowest BCUT2D eigenvalue weighted by Crippen LogP contribution is -2.11. The number of halogens is 2. The molecule has 22 heavy (non-hydrogen) atoms. The second-order valence-corrected chi connectivity index (χ2v) is 5.73. The molecule has 0 aliphatic rings. The van der Waals surface area contributed by atoms with Crippen LogP contribution in [0.3, 0.4) is 0 Å². The Bertz CT molecular complexity index is 887. The van der Waals surface area contributed by atoms with Gasteiger partial charge >= 0.3 is 5.97 Å². The molecule has 0 spiro atoms. The Balaban J connectivity index is 2.18. The van der Waals surface area contributed by atoms with Gasteiger partial charge in [-0.05, 0) is 23.8 Å². The van der Waals surface area contributed by atoms with Gasteiger partial charge in [0.25, 0.3) is 0 Å². The van der Waals surface area contributed by atoms with E-state index in [1.54, 1.807) is 16.7 Å². The first-order valence-electron chi connectivity index (χ1n) is 6.53. The molecule has 3 rings (SSSR count). The minimum Gasteiger partial charge on any atom is -0.477 e. The van der Waals surface area contributed by atoms with Crippen LogP contribution >= 0.6 is 23.2 Å². The number of anilines is 1. The number of nitrogen functional groups attached to an aromatic ring is 1. The highest BCUT2D eigenvalue weighted by Crippen LogP contribution is 2.30. The molecule has 112 valence electrons. The van der Waals surface area contributed by atoms with E-state index in [1.807, 2.05) is 30.3 Å². The molecule has 3 N–H and O–H groups in total. The molecule has 1 heterocycles. The summed E-state index contributed by atoms with van der Waals surface area (Å²) in [6.07, 6.45) is 0. The van der Waals surface area contributed by atoms with Gasteiger partial charge in [0.15, 0.2) is 5.69 Å². The molecule has 3 aromatic rings. The van der Waals surface area contributed by atoms with Crippen molar-refractivity contribution >= 4 is 45.8 Å². The molecule has 0 radical (unpaired) electrons. The maximum absolute atomic E-state index is 11.6. The molecule has 0 atom stereocenters. The smallest absolute Gasteiger partial charge is 0.354 e. The van der Waals surface area contributed by atoms with E-state index in [-0.39, 0.29) is 11.4 Å². The van der Waals surface area contributed by atoms with Gasteiger partial charge in [-0.15, -0.1) is 0 Å². The predicted molar refractivity (Wildman–Crippen MR) is 88.9 cm³/mol. The van der Waals surface area contributed by atoms with E-state index < -0.39 is 5.97 Å². The standard InChI is InChI=1S/C16H12Cl2N2O2/c17-11-6-5-9(7-12(11)18)8-20-13-4-2-1-3-10(13)14(19)15(20)16(21)22/h1-7H,8,19H2,(H,21,22). The van der Waals surface area contributed by atoms with Crippen molar-refractivity contribution in [2.24, 2.45) is 0 Å². The lowest BCUT2D eigenvalue weighted by molar-refractivity contribution is 0.0687. The van der Waals surface area contributed by atoms with E-state index in [0.717, 1.165) is 16.5 Å². The molecule has 0 aliphatic carbocycles. The zero-order valence-electron chi connectivity index (χ0n) is 11.4. The van der Waals surface area contributed by atoms with Gasteiger partial charge < -0.3 is 15.4 Å². The van der Waals surface area contributed by atoms with E-state index in [4.69, 9.17) is 28.9 Å². The van der Waals surface area contributed by atoms with Crippen molar-refractivity contribution in [1.82, 2.24) is 4.57 Å². The van der Waals surface area contributed by atoms with Gasteiger partial charge in [-0.25, -0.2) is 4.79 Å². The van der Waals surface area contributed by atoms with Crippen molar-refractivity contribution in [2.45, 2.75) is 6.54 Å². The molecule has 2 aromatic carbocycles. The number of hydrogen-bond acceptors (Lipinski definition) is 2. The number of fused-ring (bicyclic) bond motifs is 1. The Kier molecular flexibility index (Phi) is 3.72. The van der Waals surface area contributed by atoms with E-state index in [9.17, 15) is 9.90 Å². The maximum atomic E-state index is 11.6. The quantitative estimate of drug-likeness (QED) is 0.751. The molecule has 4 nitrogen and oxygen atoms in total. The van der Waals surface area contributed by atoms with Crippen molar-refractivity contribution in [1.29, 1.82) is 0 Å². The fraction of sp³-hybridized carbons (Fsp3) is 0.0625. The highest BCUT2D eigenvalue weighted by Gasteiger charge is 2.20. The lowest BCUT2D eigenvalue weighted by atomic mass is 10.2. The number of rotatable bonds is 3. The molecule has 0 saturated carbocycles. The fourth-order valence-electron chi connectivity index (χ4n) is 2.55. The van der Waals surface area contributed by atoms with Gasteiger partial charge in [-0.2, -0.15) is 0 Å². The predicted octanol–water partition coefficient (Wildman–Crippen LogP) is 4.28. The zero-order chi connectivity index (χ0) is 15.9. The minimum atomic E-state index is -1.06. The van der Waals surface area contributed by atoms with Crippen molar-refractivity contribution < 1.29 is 9.90 Å². The van der Waals surface area contributed by atoms with Crippen molar-refractivity contribution in [3.05, 3.63) is 63.8 Å². The molecule has 0 unspecified atom stereocenters. The summed E-state index contributed by atoms with van der Waals surface area (Å²) in [5.74, 6) is -1.06. The fourth-order valence-corrected chi connectivity index (χ4v) is 2.87. The van der Waals surface area contributed by atoms with E-state index in [1.165, 1.54) is 0 Å². The van der Waals surface area contributed by atoms with Gasteiger partial charge in [0.2, 0.25) is 0 Å². The number of nitrogens with two attached hydrogens (primary N) is 1. The number of nitrogens with zero attached hydrogens (tertiary/aromatic N) is 1. The monoisotopic (exact) mass is 334 g/mol. The Morgan fingerprint density at radius 3 is 2.55 bits per heavy atom. The molecule has 6 heteroatoms. The summed E-state index contributed by atoms with van der Waals surface area (Å²) in [6, 6.07) is 12.5. The third-order valence-corrected chi connectivity index (χ3v) is 4.28. The maximum Gasteiger partial charge on any atom is 0.354 e. The van der Waals surface area contributed by atoms with E-state index in [2.05, 4.69) is 0 Å². The van der Waals surface area contributed by atoms with E-state index >= 15 is 0 Å². The number of benzene rings is 2. The normalized spacial score (nSPS) is 11.0. The number of aromatic nitrogens is 1. The summed E-state index contributed by atoms with van der Waals surface area (Å²) in [7, 11) is 0. The molecule has 1 aromatic heterocycles. The summed E-state index contributed by atoms with van der Waals surface area (Å²) >= 11 is 11.9. The second kappa shape index (κ2) is 5.55.